The minimum Gasteiger partial charge on any atom is -0.382 e. The van der Waals surface area contributed by atoms with Gasteiger partial charge < -0.3 is 16.4 Å². The van der Waals surface area contributed by atoms with Crippen LogP contribution in [-0.2, 0) is 0 Å². The molecular formula is C10H14ClN5. The lowest BCUT2D eigenvalue weighted by molar-refractivity contribution is 0.0469. The minimum absolute atomic E-state index is 0.332. The predicted octanol–water partition coefficient (Wildman–Crippen LogP) is 0.876. The number of anilines is 2. The Bertz CT molecular complexity index is 410. The zero-order valence-electron chi connectivity index (χ0n) is 8.83. The van der Waals surface area contributed by atoms with Crippen LogP contribution in [0.25, 0.3) is 0 Å². The number of rotatable bonds is 2. The number of nitrogens with one attached hydrogen (secondary N) is 2. The molecule has 2 heterocycles. The normalized spacial score (nSPS) is 22.6. The third kappa shape index (κ3) is 1.51. The quantitative estimate of drug-likeness (QED) is 0.714. The van der Waals surface area contributed by atoms with Gasteiger partial charge in [0.2, 0.25) is 0 Å². The molecule has 0 aromatic carbocycles. The third-order valence-corrected chi connectivity index (χ3v) is 3.89. The molecule has 1 aromatic heterocycles. The summed E-state index contributed by atoms with van der Waals surface area (Å²) >= 11 is 6.01. The first-order chi connectivity index (χ1) is 7.69. The molecule has 1 aliphatic heterocycles. The Kier molecular flexibility index (Phi) is 2.19. The van der Waals surface area contributed by atoms with E-state index in [0.717, 1.165) is 13.1 Å². The van der Waals surface area contributed by atoms with Gasteiger partial charge in [0, 0.05) is 19.1 Å². The first kappa shape index (κ1) is 10.1. The Morgan fingerprint density at radius 1 is 1.44 bits per heavy atom. The second-order valence-electron chi connectivity index (χ2n) is 4.77. The summed E-state index contributed by atoms with van der Waals surface area (Å²) in [5, 5.41) is 7.06. The van der Waals surface area contributed by atoms with Crippen LogP contribution < -0.4 is 16.4 Å². The van der Waals surface area contributed by atoms with Crippen LogP contribution in [0.3, 0.4) is 0 Å². The van der Waals surface area contributed by atoms with Gasteiger partial charge in [-0.3, -0.25) is 0 Å². The average Bonchev–Trinajstić information content (AvgIpc) is 2.14. The molecule has 0 unspecified atom stereocenters. The van der Waals surface area contributed by atoms with Crippen molar-refractivity contribution in [1.82, 2.24) is 15.3 Å². The van der Waals surface area contributed by atoms with E-state index in [0.29, 0.717) is 28.1 Å². The molecule has 5 nitrogen and oxygen atoms in total. The molecule has 0 atom stereocenters. The van der Waals surface area contributed by atoms with Crippen LogP contribution in [-0.4, -0.2) is 29.1 Å². The topological polar surface area (TPSA) is 75.9 Å². The summed E-state index contributed by atoms with van der Waals surface area (Å²) < 4.78 is 0. The van der Waals surface area contributed by atoms with Gasteiger partial charge in [-0.15, -0.1) is 0 Å². The van der Waals surface area contributed by atoms with Crippen LogP contribution in [0, 0.1) is 5.41 Å². The largest absolute Gasteiger partial charge is 0.382 e. The molecule has 2 aliphatic rings. The second-order valence-corrected chi connectivity index (χ2v) is 5.15. The van der Waals surface area contributed by atoms with Gasteiger partial charge in [0.15, 0.2) is 5.82 Å². The first-order valence-electron chi connectivity index (χ1n) is 5.42. The predicted molar refractivity (Wildman–Crippen MR) is 63.4 cm³/mol. The van der Waals surface area contributed by atoms with Crippen molar-refractivity contribution < 1.29 is 0 Å². The van der Waals surface area contributed by atoms with E-state index in [9.17, 15) is 0 Å². The maximum Gasteiger partial charge on any atom is 0.150 e. The highest BCUT2D eigenvalue weighted by Crippen LogP contribution is 2.45. The Balaban J connectivity index is 1.65. The number of hydrogen-bond acceptors (Lipinski definition) is 5. The van der Waals surface area contributed by atoms with E-state index in [2.05, 4.69) is 20.6 Å². The summed E-state index contributed by atoms with van der Waals surface area (Å²) in [7, 11) is 0. The molecule has 1 aliphatic carbocycles. The lowest BCUT2D eigenvalue weighted by atomic mass is 9.62. The number of nitrogens with two attached hydrogens (primary N) is 1. The van der Waals surface area contributed by atoms with Gasteiger partial charge in [-0.25, -0.2) is 9.97 Å². The monoisotopic (exact) mass is 239 g/mol. The standard InChI is InChI=1S/C10H14ClN5/c11-7-8(12)14-5-15-9(7)16-6-1-10(2-6)3-13-4-10/h5-6,13H,1-4H2,(H3,12,14,15,16). The Morgan fingerprint density at radius 3 is 2.81 bits per heavy atom. The summed E-state index contributed by atoms with van der Waals surface area (Å²) in [5.74, 6) is 0.986. The number of nitrogens with zero attached hydrogens (tertiary/aromatic N) is 2. The third-order valence-electron chi connectivity index (χ3n) is 3.52. The Hall–Kier alpha value is -1.07. The SMILES string of the molecule is Nc1ncnc(NC2CC3(CNC3)C2)c1Cl. The van der Waals surface area contributed by atoms with E-state index in [4.69, 9.17) is 17.3 Å². The van der Waals surface area contributed by atoms with Crippen LogP contribution in [0.4, 0.5) is 11.6 Å². The maximum absolute atomic E-state index is 6.01. The number of halogens is 1. The van der Waals surface area contributed by atoms with Gasteiger partial charge in [0.05, 0.1) is 0 Å². The van der Waals surface area contributed by atoms with Gasteiger partial charge in [0.25, 0.3) is 0 Å². The van der Waals surface area contributed by atoms with Crippen LogP contribution in [0.1, 0.15) is 12.8 Å². The lowest BCUT2D eigenvalue weighted by Gasteiger charge is -2.54. The highest BCUT2D eigenvalue weighted by molar-refractivity contribution is 6.35. The van der Waals surface area contributed by atoms with Crippen molar-refractivity contribution in [3.8, 4) is 0 Å². The van der Waals surface area contributed by atoms with E-state index in [-0.39, 0.29) is 0 Å². The van der Waals surface area contributed by atoms with Gasteiger partial charge in [-0.1, -0.05) is 11.6 Å². The molecule has 0 radical (unpaired) electrons. The van der Waals surface area contributed by atoms with Gasteiger partial charge in [-0.05, 0) is 18.3 Å². The molecule has 1 saturated heterocycles. The molecule has 16 heavy (non-hydrogen) atoms. The van der Waals surface area contributed by atoms with Crippen molar-refractivity contribution in [2.75, 3.05) is 24.1 Å². The van der Waals surface area contributed by atoms with Gasteiger partial charge in [-0.2, -0.15) is 0 Å². The first-order valence-corrected chi connectivity index (χ1v) is 5.80. The van der Waals surface area contributed by atoms with Crippen molar-refractivity contribution in [1.29, 1.82) is 0 Å². The van der Waals surface area contributed by atoms with Crippen molar-refractivity contribution >= 4 is 23.2 Å². The molecule has 0 bridgehead atoms. The van der Waals surface area contributed by atoms with E-state index in [1.807, 2.05) is 0 Å². The van der Waals surface area contributed by atoms with Crippen LogP contribution in [0.5, 0.6) is 0 Å². The van der Waals surface area contributed by atoms with Crippen molar-refractivity contribution in [2.45, 2.75) is 18.9 Å². The molecule has 86 valence electrons. The fourth-order valence-corrected chi connectivity index (χ4v) is 2.68. The molecule has 1 spiro atoms. The average molecular weight is 240 g/mol. The molecule has 6 heteroatoms. The van der Waals surface area contributed by atoms with E-state index >= 15 is 0 Å². The number of hydrogen-bond donors (Lipinski definition) is 3. The van der Waals surface area contributed by atoms with Crippen LogP contribution in [0.15, 0.2) is 6.33 Å². The van der Waals surface area contributed by atoms with Crippen LogP contribution in [0.2, 0.25) is 5.02 Å². The van der Waals surface area contributed by atoms with Gasteiger partial charge in [0.1, 0.15) is 17.2 Å². The Morgan fingerprint density at radius 2 is 2.19 bits per heavy atom. The molecule has 4 N–H and O–H groups in total. The molecular weight excluding hydrogens is 226 g/mol. The van der Waals surface area contributed by atoms with Crippen molar-refractivity contribution in [2.24, 2.45) is 5.41 Å². The summed E-state index contributed by atoms with van der Waals surface area (Å²) in [4.78, 5) is 7.93. The summed E-state index contributed by atoms with van der Waals surface area (Å²) in [5.41, 5.74) is 6.16. The maximum atomic E-state index is 6.01. The highest BCUT2D eigenvalue weighted by atomic mass is 35.5. The van der Waals surface area contributed by atoms with Crippen LogP contribution >= 0.6 is 11.6 Å². The van der Waals surface area contributed by atoms with Gasteiger partial charge >= 0.3 is 0 Å². The van der Waals surface area contributed by atoms with Crippen molar-refractivity contribution in [3.05, 3.63) is 11.3 Å². The number of aromatic nitrogens is 2. The summed E-state index contributed by atoms with van der Waals surface area (Å²) in [6.07, 6.45) is 3.79. The molecule has 3 rings (SSSR count). The molecule has 2 fully saturated rings. The fourth-order valence-electron chi connectivity index (χ4n) is 2.53. The molecule has 1 saturated carbocycles. The van der Waals surface area contributed by atoms with Crippen molar-refractivity contribution in [3.63, 3.8) is 0 Å². The summed E-state index contributed by atoms with van der Waals surface area (Å²) in [6.45, 7) is 2.29. The minimum atomic E-state index is 0.332. The smallest absolute Gasteiger partial charge is 0.150 e. The number of nitrogen functional groups attached to an aromatic ring is 1. The lowest BCUT2D eigenvalue weighted by Crippen LogP contribution is -2.63. The Labute approximate surface area is 98.8 Å². The molecule has 0 amide bonds. The highest BCUT2D eigenvalue weighted by Gasteiger charge is 2.48. The fraction of sp³-hybridized carbons (Fsp3) is 0.600. The van der Waals surface area contributed by atoms with E-state index in [1.54, 1.807) is 0 Å². The van der Waals surface area contributed by atoms with E-state index in [1.165, 1.54) is 19.2 Å². The second kappa shape index (κ2) is 3.46. The zero-order chi connectivity index (χ0) is 11.2. The zero-order valence-corrected chi connectivity index (χ0v) is 9.59. The summed E-state index contributed by atoms with van der Waals surface area (Å²) in [6, 6.07) is 0.467. The molecule has 1 aromatic rings. The van der Waals surface area contributed by atoms with E-state index < -0.39 is 0 Å².